The molecule has 0 saturated carbocycles. The number of nitrogens with zero attached hydrogens (tertiary/aromatic N) is 5. The summed E-state index contributed by atoms with van der Waals surface area (Å²) < 4.78 is 53.7. The molecule has 1 N–H and O–H groups in total. The van der Waals surface area contributed by atoms with Gasteiger partial charge in [0.2, 0.25) is 0 Å². The molecule has 234 valence electrons. The second-order valence-electron chi connectivity index (χ2n) is 10.3. The molecule has 0 spiro atoms. The summed E-state index contributed by atoms with van der Waals surface area (Å²) in [4.78, 5) is 23.9. The van der Waals surface area contributed by atoms with E-state index in [1.54, 1.807) is 12.3 Å². The fraction of sp³-hybridized carbons (Fsp3) is 0.567. The molecular formula is C30H45F3N6O3. The summed E-state index contributed by atoms with van der Waals surface area (Å²) in [6, 6.07) is 3.77. The Balaban J connectivity index is 0.000000947. The third kappa shape index (κ3) is 9.40. The normalized spacial score (nSPS) is 15.8. The van der Waals surface area contributed by atoms with Gasteiger partial charge in [0, 0.05) is 55.7 Å². The van der Waals surface area contributed by atoms with E-state index in [0.29, 0.717) is 50.6 Å². The Hall–Kier alpha value is -3.22. The second-order valence-corrected chi connectivity index (χ2v) is 10.3. The summed E-state index contributed by atoms with van der Waals surface area (Å²) in [5.41, 5.74) is 1.17. The molecular weight excluding hydrogens is 549 g/mol. The predicted molar refractivity (Wildman–Crippen MR) is 161 cm³/mol. The summed E-state index contributed by atoms with van der Waals surface area (Å²) in [5, 5.41) is 3.14. The van der Waals surface area contributed by atoms with E-state index < -0.39 is 11.9 Å². The fourth-order valence-electron chi connectivity index (χ4n) is 4.71. The van der Waals surface area contributed by atoms with Crippen LogP contribution in [0.3, 0.4) is 0 Å². The largest absolute Gasteiger partial charge is 0.484 e. The van der Waals surface area contributed by atoms with Gasteiger partial charge in [-0.2, -0.15) is 13.2 Å². The smallest absolute Gasteiger partial charge is 0.437 e. The molecule has 2 aliphatic rings. The van der Waals surface area contributed by atoms with Crippen molar-refractivity contribution in [3.05, 3.63) is 47.9 Å². The number of aromatic nitrogens is 2. The van der Waals surface area contributed by atoms with E-state index in [9.17, 15) is 13.2 Å². The Bertz CT molecular complexity index is 1150. The van der Waals surface area contributed by atoms with Crippen LogP contribution in [0, 0.1) is 0 Å². The molecule has 4 rings (SSSR count). The zero-order chi connectivity index (χ0) is 31.4. The van der Waals surface area contributed by atoms with Gasteiger partial charge in [-0.3, -0.25) is 4.79 Å². The highest BCUT2D eigenvalue weighted by atomic mass is 19.4. The Morgan fingerprint density at radius 1 is 1.17 bits per heavy atom. The minimum absolute atomic E-state index is 0.0414. The van der Waals surface area contributed by atoms with Crippen LogP contribution in [-0.2, 0) is 22.3 Å². The highest BCUT2D eigenvalue weighted by molar-refractivity contribution is 5.74. The third-order valence-electron chi connectivity index (χ3n) is 6.80. The standard InChI is InChI=1S/C25H35F3N6O2.C3H4O.C2H6/c1-16(13-33(5)17(2)14-32(3)4)19-12-20-22(23(30-19)25(26,27)28)36-15-18-21(6-7-29-24(18)31-20)34-8-10-35-11-9-34;1-2-3-4;1-2/h6-7,12,16-17H,8-11,13-15H2,1-5H3,(H,29,31);2-3H,1H2;1-2H3. The van der Waals surface area contributed by atoms with E-state index in [2.05, 4.69) is 43.5 Å². The lowest BCUT2D eigenvalue weighted by atomic mass is 10.0. The second kappa shape index (κ2) is 16.4. The molecule has 2 aromatic rings. The summed E-state index contributed by atoms with van der Waals surface area (Å²) >= 11 is 0. The van der Waals surface area contributed by atoms with Gasteiger partial charge >= 0.3 is 6.18 Å². The maximum Gasteiger partial charge on any atom is 0.437 e. The van der Waals surface area contributed by atoms with Crippen LogP contribution in [0.15, 0.2) is 31.0 Å². The number of rotatable bonds is 8. The molecule has 0 aromatic carbocycles. The van der Waals surface area contributed by atoms with Crippen molar-refractivity contribution in [1.82, 2.24) is 19.8 Å². The molecule has 2 aromatic heterocycles. The van der Waals surface area contributed by atoms with Crippen molar-refractivity contribution in [2.24, 2.45) is 0 Å². The van der Waals surface area contributed by atoms with Crippen molar-refractivity contribution in [1.29, 1.82) is 0 Å². The first kappa shape index (κ1) is 35.0. The van der Waals surface area contributed by atoms with Crippen LogP contribution in [0.5, 0.6) is 5.75 Å². The Morgan fingerprint density at radius 3 is 2.38 bits per heavy atom. The highest BCUT2D eigenvalue weighted by Gasteiger charge is 2.40. The number of hydrogen-bond acceptors (Lipinski definition) is 9. The van der Waals surface area contributed by atoms with Crippen molar-refractivity contribution in [2.75, 3.05) is 70.8 Å². The minimum atomic E-state index is -4.66. The molecule has 42 heavy (non-hydrogen) atoms. The lowest BCUT2D eigenvalue weighted by Gasteiger charge is -2.30. The molecule has 1 fully saturated rings. The van der Waals surface area contributed by atoms with Crippen LogP contribution in [0.2, 0.25) is 0 Å². The van der Waals surface area contributed by atoms with Crippen molar-refractivity contribution in [2.45, 2.75) is 52.4 Å². The highest BCUT2D eigenvalue weighted by Crippen LogP contribution is 2.44. The molecule has 9 nitrogen and oxygen atoms in total. The maximum atomic E-state index is 14.2. The molecule has 0 amide bonds. The number of carbonyl (C=O) groups excluding carboxylic acids is 1. The van der Waals surface area contributed by atoms with Crippen molar-refractivity contribution < 1.29 is 27.4 Å². The lowest BCUT2D eigenvalue weighted by Crippen LogP contribution is -2.39. The molecule has 0 aliphatic carbocycles. The van der Waals surface area contributed by atoms with Gasteiger partial charge in [-0.25, -0.2) is 9.97 Å². The Morgan fingerprint density at radius 2 is 1.81 bits per heavy atom. The number of anilines is 3. The number of likely N-dealkylation sites (N-methyl/N-ethyl adjacent to an activating group) is 2. The van der Waals surface area contributed by atoms with E-state index in [1.165, 1.54) is 6.08 Å². The zero-order valence-electron chi connectivity index (χ0n) is 25.8. The predicted octanol–water partition coefficient (Wildman–Crippen LogP) is 5.35. The van der Waals surface area contributed by atoms with Crippen molar-refractivity contribution in [3.8, 4) is 5.75 Å². The van der Waals surface area contributed by atoms with E-state index in [1.807, 2.05) is 48.0 Å². The first-order valence-electron chi connectivity index (χ1n) is 14.2. The zero-order valence-corrected chi connectivity index (χ0v) is 25.8. The molecule has 1 saturated heterocycles. The first-order chi connectivity index (χ1) is 20.0. The fourth-order valence-corrected chi connectivity index (χ4v) is 4.71. The lowest BCUT2D eigenvalue weighted by molar-refractivity contribution is -0.142. The molecule has 2 atom stereocenters. The Labute approximate surface area is 247 Å². The average Bonchev–Trinajstić information content (AvgIpc) is 3.16. The number of pyridine rings is 2. The molecule has 0 bridgehead atoms. The monoisotopic (exact) mass is 594 g/mol. The van der Waals surface area contributed by atoms with E-state index in [-0.39, 0.29) is 30.0 Å². The molecule has 0 radical (unpaired) electrons. The number of ether oxygens (including phenoxy) is 2. The number of morpholine rings is 1. The number of carbonyl (C=O) groups is 1. The van der Waals surface area contributed by atoms with Gasteiger partial charge in [-0.15, -0.1) is 0 Å². The summed E-state index contributed by atoms with van der Waals surface area (Å²) in [7, 11) is 5.98. The van der Waals surface area contributed by atoms with Crippen LogP contribution in [-0.4, -0.2) is 92.6 Å². The minimum Gasteiger partial charge on any atom is -0.484 e. The Kier molecular flexibility index (Phi) is 13.7. The number of aldehydes is 1. The SMILES string of the molecule is C=CC=O.CC.CC(CN(C)C(C)CN(C)C)c1cc2c(c(C(F)(F)F)n1)OCc1c(N3CCOCC3)ccnc1N2. The van der Waals surface area contributed by atoms with Crippen LogP contribution >= 0.6 is 0 Å². The summed E-state index contributed by atoms with van der Waals surface area (Å²) in [5.74, 6) is -0.0331. The van der Waals surface area contributed by atoms with E-state index >= 15 is 0 Å². The molecule has 4 heterocycles. The molecule has 2 aliphatic heterocycles. The van der Waals surface area contributed by atoms with E-state index in [0.717, 1.165) is 17.8 Å². The van der Waals surface area contributed by atoms with Gasteiger partial charge in [0.15, 0.2) is 11.4 Å². The van der Waals surface area contributed by atoms with Crippen LogP contribution in [0.4, 0.5) is 30.4 Å². The van der Waals surface area contributed by atoms with Gasteiger partial charge < -0.3 is 29.5 Å². The van der Waals surface area contributed by atoms with Crippen LogP contribution in [0.1, 0.15) is 50.6 Å². The summed E-state index contributed by atoms with van der Waals surface area (Å²) in [6.07, 6.45) is -1.17. The van der Waals surface area contributed by atoms with Gasteiger partial charge in [-0.05, 0) is 46.3 Å². The first-order valence-corrected chi connectivity index (χ1v) is 14.2. The quantitative estimate of drug-likeness (QED) is 0.321. The average molecular weight is 595 g/mol. The number of allylic oxidation sites excluding steroid dienone is 1. The topological polar surface area (TPSA) is 83.1 Å². The number of halogens is 3. The summed E-state index contributed by atoms with van der Waals surface area (Å²) in [6.45, 7) is 15.1. The molecule has 2 unspecified atom stereocenters. The van der Waals surface area contributed by atoms with Crippen molar-refractivity contribution >= 4 is 23.5 Å². The number of hydrogen-bond donors (Lipinski definition) is 1. The van der Waals surface area contributed by atoms with Gasteiger partial charge in [0.1, 0.15) is 18.7 Å². The van der Waals surface area contributed by atoms with Gasteiger partial charge in [0.05, 0.1) is 24.5 Å². The maximum absolute atomic E-state index is 14.2. The van der Waals surface area contributed by atoms with Gasteiger partial charge in [0.25, 0.3) is 0 Å². The number of fused-ring (bicyclic) bond motifs is 2. The number of alkyl halides is 3. The number of nitrogens with one attached hydrogen (secondary N) is 1. The van der Waals surface area contributed by atoms with E-state index in [4.69, 9.17) is 14.3 Å². The van der Waals surface area contributed by atoms with Crippen LogP contribution < -0.4 is 15.0 Å². The van der Waals surface area contributed by atoms with Crippen molar-refractivity contribution in [3.63, 3.8) is 0 Å². The molecule has 12 heteroatoms. The van der Waals surface area contributed by atoms with Crippen LogP contribution in [0.25, 0.3) is 0 Å². The third-order valence-corrected chi connectivity index (χ3v) is 6.80. The van der Waals surface area contributed by atoms with Gasteiger partial charge in [-0.1, -0.05) is 27.4 Å².